The van der Waals surface area contributed by atoms with E-state index in [4.69, 9.17) is 21.7 Å². The molecule has 0 unspecified atom stereocenters. The van der Waals surface area contributed by atoms with Gasteiger partial charge in [-0.25, -0.2) is 4.98 Å². The molecule has 0 radical (unpaired) electrons. The number of nitrogens with one attached hydrogen (secondary N) is 1. The van der Waals surface area contributed by atoms with Crippen LogP contribution >= 0.6 is 24.0 Å². The van der Waals surface area contributed by atoms with Crippen LogP contribution in [0.15, 0.2) is 28.0 Å². The van der Waals surface area contributed by atoms with Crippen molar-refractivity contribution in [3.8, 4) is 0 Å². The van der Waals surface area contributed by atoms with E-state index in [2.05, 4.69) is 10.3 Å². The standard InChI is InChI=1S/C19H22N4O4S2/c1-12-4-5-15-21-16(20-6-8-26-2)13(17(24)23(15)11-12)10-14-18(25)22(7-9-27-3)19(28)29-14/h4-5,10-11,20H,6-9H2,1-3H3/b14-10+. The number of hydrogen-bond acceptors (Lipinski definition) is 8. The van der Waals surface area contributed by atoms with Gasteiger partial charge in [-0.15, -0.1) is 0 Å². The SMILES string of the molecule is COCCNc1nc2ccc(C)cn2c(=O)c1/C=C1/SC(=S)N(CCOC)C1=O. The number of pyridine rings is 1. The average molecular weight is 435 g/mol. The number of nitrogens with zero attached hydrogens (tertiary/aromatic N) is 3. The van der Waals surface area contributed by atoms with Crippen molar-refractivity contribution in [2.24, 2.45) is 0 Å². The summed E-state index contributed by atoms with van der Waals surface area (Å²) in [6.45, 7) is 3.57. The zero-order valence-corrected chi connectivity index (χ0v) is 18.1. The van der Waals surface area contributed by atoms with E-state index < -0.39 is 0 Å². The predicted molar refractivity (Wildman–Crippen MR) is 118 cm³/mol. The van der Waals surface area contributed by atoms with Crippen LogP contribution in [0.1, 0.15) is 11.1 Å². The molecule has 0 aromatic carbocycles. The Morgan fingerprint density at radius 2 is 2.00 bits per heavy atom. The Bertz CT molecular complexity index is 1030. The zero-order valence-electron chi connectivity index (χ0n) is 16.4. The number of carbonyl (C=O) groups is 1. The van der Waals surface area contributed by atoms with Gasteiger partial charge in [-0.2, -0.15) is 0 Å². The van der Waals surface area contributed by atoms with E-state index in [0.717, 1.165) is 5.56 Å². The molecule has 2 aromatic rings. The number of fused-ring (bicyclic) bond motifs is 1. The first-order chi connectivity index (χ1) is 14.0. The predicted octanol–water partition coefficient (Wildman–Crippen LogP) is 1.91. The van der Waals surface area contributed by atoms with Crippen LogP contribution in [-0.4, -0.2) is 65.0 Å². The van der Waals surface area contributed by atoms with Crippen molar-refractivity contribution in [3.05, 3.63) is 44.7 Å². The molecule has 1 N–H and O–H groups in total. The van der Waals surface area contributed by atoms with Gasteiger partial charge in [0.2, 0.25) is 0 Å². The van der Waals surface area contributed by atoms with Crippen LogP contribution in [0.2, 0.25) is 0 Å². The summed E-state index contributed by atoms with van der Waals surface area (Å²) in [4.78, 5) is 32.4. The second kappa shape index (κ2) is 9.49. The van der Waals surface area contributed by atoms with E-state index in [9.17, 15) is 9.59 Å². The summed E-state index contributed by atoms with van der Waals surface area (Å²) in [5.41, 5.74) is 1.49. The molecule has 0 bridgehead atoms. The van der Waals surface area contributed by atoms with Crippen molar-refractivity contribution in [3.63, 3.8) is 0 Å². The van der Waals surface area contributed by atoms with Crippen molar-refractivity contribution < 1.29 is 14.3 Å². The summed E-state index contributed by atoms with van der Waals surface area (Å²) in [5, 5.41) is 3.13. The van der Waals surface area contributed by atoms with Crippen molar-refractivity contribution in [1.29, 1.82) is 0 Å². The van der Waals surface area contributed by atoms with Crippen LogP contribution < -0.4 is 10.9 Å². The van der Waals surface area contributed by atoms with E-state index >= 15 is 0 Å². The van der Waals surface area contributed by atoms with Gasteiger partial charge in [-0.3, -0.25) is 18.9 Å². The van der Waals surface area contributed by atoms with Crippen molar-refractivity contribution in [2.75, 3.05) is 45.8 Å². The number of thioether (sulfide) groups is 1. The summed E-state index contributed by atoms with van der Waals surface area (Å²) in [5.74, 6) is 0.159. The fraction of sp³-hybridized carbons (Fsp3) is 0.368. The maximum absolute atomic E-state index is 13.2. The molecular formula is C19H22N4O4S2. The highest BCUT2D eigenvalue weighted by Gasteiger charge is 2.32. The third-order valence-corrected chi connectivity index (χ3v) is 5.65. The molecule has 3 heterocycles. The first kappa shape index (κ1) is 21.4. The van der Waals surface area contributed by atoms with Crippen LogP contribution in [0.3, 0.4) is 0 Å². The van der Waals surface area contributed by atoms with Gasteiger partial charge in [0.1, 0.15) is 15.8 Å². The Balaban J connectivity index is 2.06. The third kappa shape index (κ3) is 4.67. The van der Waals surface area contributed by atoms with Gasteiger partial charge in [0.05, 0.1) is 30.2 Å². The number of aryl methyl sites for hydroxylation is 1. The Hall–Kier alpha value is -2.27. The van der Waals surface area contributed by atoms with Gasteiger partial charge in [-0.05, 0) is 24.6 Å². The molecule has 154 valence electrons. The highest BCUT2D eigenvalue weighted by atomic mass is 32.2. The van der Waals surface area contributed by atoms with Crippen LogP contribution in [0.25, 0.3) is 11.7 Å². The number of ether oxygens (including phenoxy) is 2. The van der Waals surface area contributed by atoms with Crippen LogP contribution in [0.4, 0.5) is 5.82 Å². The fourth-order valence-electron chi connectivity index (χ4n) is 2.80. The van der Waals surface area contributed by atoms with Crippen LogP contribution in [0.5, 0.6) is 0 Å². The van der Waals surface area contributed by atoms with Gasteiger partial charge < -0.3 is 14.8 Å². The molecule has 3 rings (SSSR count). The molecular weight excluding hydrogens is 412 g/mol. The maximum Gasteiger partial charge on any atom is 0.267 e. The number of methoxy groups -OCH3 is 2. The van der Waals surface area contributed by atoms with Gasteiger partial charge in [0.15, 0.2) is 0 Å². The minimum atomic E-state index is -0.263. The highest BCUT2D eigenvalue weighted by molar-refractivity contribution is 8.26. The lowest BCUT2D eigenvalue weighted by molar-refractivity contribution is -0.122. The van der Waals surface area contributed by atoms with Gasteiger partial charge >= 0.3 is 0 Å². The monoisotopic (exact) mass is 434 g/mol. The Labute approximate surface area is 177 Å². The summed E-state index contributed by atoms with van der Waals surface area (Å²) in [7, 11) is 3.16. The summed E-state index contributed by atoms with van der Waals surface area (Å²) < 4.78 is 12.0. The lowest BCUT2D eigenvalue weighted by Gasteiger charge is -2.13. The molecule has 0 saturated carbocycles. The molecule has 10 heteroatoms. The summed E-state index contributed by atoms with van der Waals surface area (Å²) in [6.07, 6.45) is 3.29. The normalized spacial score (nSPS) is 15.7. The van der Waals surface area contributed by atoms with Gasteiger partial charge in [-0.1, -0.05) is 30.0 Å². The summed E-state index contributed by atoms with van der Waals surface area (Å²) >= 11 is 6.48. The molecule has 1 fully saturated rings. The van der Waals surface area contributed by atoms with E-state index in [-0.39, 0.29) is 11.5 Å². The van der Waals surface area contributed by atoms with E-state index in [1.54, 1.807) is 32.6 Å². The quantitative estimate of drug-likeness (QED) is 0.383. The second-order valence-corrected chi connectivity index (χ2v) is 8.04. The third-order valence-electron chi connectivity index (χ3n) is 4.27. The summed E-state index contributed by atoms with van der Waals surface area (Å²) in [6, 6.07) is 3.67. The van der Waals surface area contributed by atoms with Crippen molar-refractivity contribution in [1.82, 2.24) is 14.3 Å². The zero-order chi connectivity index (χ0) is 21.0. The van der Waals surface area contributed by atoms with E-state index in [1.807, 2.05) is 13.0 Å². The number of carbonyl (C=O) groups excluding carboxylic acids is 1. The molecule has 0 spiro atoms. The smallest absolute Gasteiger partial charge is 0.267 e. The first-order valence-electron chi connectivity index (χ1n) is 8.96. The average Bonchev–Trinajstić information content (AvgIpc) is 2.96. The van der Waals surface area contributed by atoms with Crippen LogP contribution in [-0.2, 0) is 14.3 Å². The van der Waals surface area contributed by atoms with Crippen molar-refractivity contribution >= 4 is 51.7 Å². The lowest BCUT2D eigenvalue weighted by Crippen LogP contribution is -2.31. The number of rotatable bonds is 8. The maximum atomic E-state index is 13.2. The lowest BCUT2D eigenvalue weighted by atomic mass is 10.2. The number of thiocarbonyl (C=S) groups is 1. The number of anilines is 1. The van der Waals surface area contributed by atoms with E-state index in [1.165, 1.54) is 21.1 Å². The molecule has 1 aliphatic heterocycles. The fourth-order valence-corrected chi connectivity index (χ4v) is 4.09. The Morgan fingerprint density at radius 1 is 1.24 bits per heavy atom. The minimum absolute atomic E-state index is 0.242. The molecule has 1 saturated heterocycles. The van der Waals surface area contributed by atoms with Gasteiger partial charge in [0, 0.05) is 27.0 Å². The largest absolute Gasteiger partial charge is 0.383 e. The minimum Gasteiger partial charge on any atom is -0.383 e. The number of aromatic nitrogens is 2. The molecule has 2 aromatic heterocycles. The molecule has 1 amide bonds. The molecule has 29 heavy (non-hydrogen) atoms. The first-order valence-corrected chi connectivity index (χ1v) is 10.2. The Morgan fingerprint density at radius 3 is 2.72 bits per heavy atom. The molecule has 0 atom stereocenters. The molecule has 0 aliphatic carbocycles. The molecule has 1 aliphatic rings. The number of amides is 1. The van der Waals surface area contributed by atoms with E-state index in [0.29, 0.717) is 52.6 Å². The van der Waals surface area contributed by atoms with Gasteiger partial charge in [0.25, 0.3) is 11.5 Å². The second-order valence-electron chi connectivity index (χ2n) is 6.36. The molecule has 8 nitrogen and oxygen atoms in total. The Kier molecular flexibility index (Phi) is 7.01. The highest BCUT2D eigenvalue weighted by Crippen LogP contribution is 2.32. The van der Waals surface area contributed by atoms with Crippen molar-refractivity contribution in [2.45, 2.75) is 6.92 Å². The van der Waals surface area contributed by atoms with Crippen LogP contribution in [0, 0.1) is 6.92 Å². The number of hydrogen-bond donors (Lipinski definition) is 1. The topological polar surface area (TPSA) is 85.2 Å².